The van der Waals surface area contributed by atoms with Crippen LogP contribution in [0.1, 0.15) is 43.3 Å². The van der Waals surface area contributed by atoms with Crippen LogP contribution in [0.25, 0.3) is 0 Å². The van der Waals surface area contributed by atoms with Gasteiger partial charge in [0.1, 0.15) is 4.88 Å². The van der Waals surface area contributed by atoms with Gasteiger partial charge in [-0.1, -0.05) is 12.1 Å². The summed E-state index contributed by atoms with van der Waals surface area (Å²) in [6, 6.07) is 8.35. The van der Waals surface area contributed by atoms with Gasteiger partial charge in [0.2, 0.25) is 0 Å². The number of carbonyl (C=O) groups is 3. The van der Waals surface area contributed by atoms with Crippen LogP contribution in [0, 0.1) is 0 Å². The first-order chi connectivity index (χ1) is 12.6. The first kappa shape index (κ1) is 18.1. The van der Waals surface area contributed by atoms with E-state index in [4.69, 9.17) is 4.74 Å². The Morgan fingerprint density at radius 1 is 1.12 bits per heavy atom. The molecule has 1 aromatic carbocycles. The van der Waals surface area contributed by atoms with Crippen LogP contribution in [-0.2, 0) is 27.1 Å². The summed E-state index contributed by atoms with van der Waals surface area (Å²) in [6.07, 6.45) is 4.27. The number of hydrogen-bond donors (Lipinski definition) is 1. The van der Waals surface area contributed by atoms with Crippen LogP contribution in [0.2, 0.25) is 0 Å². The molecule has 1 N–H and O–H groups in total. The number of hydrogen-bond acceptors (Lipinski definition) is 6. The lowest BCUT2D eigenvalue weighted by Gasteiger charge is -2.09. The highest BCUT2D eigenvalue weighted by molar-refractivity contribution is 7.14. The maximum absolute atomic E-state index is 12.2. The number of nitrogens with one attached hydrogen (secondary N) is 1. The fraction of sp³-hybridized carbons (Fsp3) is 0.316. The molecule has 1 aliphatic carbocycles. The Kier molecular flexibility index (Phi) is 5.68. The Morgan fingerprint density at radius 3 is 2.65 bits per heavy atom. The van der Waals surface area contributed by atoms with Crippen LogP contribution < -0.4 is 5.32 Å². The molecule has 136 valence electrons. The maximum Gasteiger partial charge on any atom is 0.348 e. The van der Waals surface area contributed by atoms with E-state index in [0.717, 1.165) is 25.7 Å². The number of rotatable bonds is 5. The number of amides is 1. The van der Waals surface area contributed by atoms with Crippen LogP contribution in [-0.4, -0.2) is 31.6 Å². The number of carbonyl (C=O) groups excluding carboxylic acids is 3. The Hall–Kier alpha value is -2.67. The van der Waals surface area contributed by atoms with Gasteiger partial charge in [-0.05, 0) is 49.4 Å². The number of benzene rings is 1. The molecule has 26 heavy (non-hydrogen) atoms. The van der Waals surface area contributed by atoms with Gasteiger partial charge < -0.3 is 14.8 Å². The number of thiophene rings is 1. The third-order valence-electron chi connectivity index (χ3n) is 4.14. The fourth-order valence-electron chi connectivity index (χ4n) is 2.86. The van der Waals surface area contributed by atoms with Crippen molar-refractivity contribution in [2.45, 2.75) is 25.7 Å². The van der Waals surface area contributed by atoms with Crippen molar-refractivity contribution in [2.75, 3.05) is 19.0 Å². The van der Waals surface area contributed by atoms with Gasteiger partial charge in [-0.3, -0.25) is 4.79 Å². The van der Waals surface area contributed by atoms with Crippen molar-refractivity contribution in [1.29, 1.82) is 0 Å². The molecule has 1 amide bonds. The summed E-state index contributed by atoms with van der Waals surface area (Å²) in [5.41, 5.74) is 1.76. The summed E-state index contributed by atoms with van der Waals surface area (Å²) in [4.78, 5) is 37.7. The van der Waals surface area contributed by atoms with E-state index < -0.39 is 24.5 Å². The lowest BCUT2D eigenvalue weighted by Crippen LogP contribution is -2.22. The molecule has 0 atom stereocenters. The molecular weight excluding hydrogens is 354 g/mol. The smallest absolute Gasteiger partial charge is 0.348 e. The monoisotopic (exact) mass is 373 g/mol. The molecule has 0 aliphatic heterocycles. The van der Waals surface area contributed by atoms with E-state index in [0.29, 0.717) is 10.6 Å². The molecule has 1 aliphatic rings. The second kappa shape index (κ2) is 8.14. The average molecular weight is 373 g/mol. The maximum atomic E-state index is 12.2. The molecule has 7 heteroatoms. The van der Waals surface area contributed by atoms with Crippen LogP contribution in [0.5, 0.6) is 0 Å². The topological polar surface area (TPSA) is 81.7 Å². The van der Waals surface area contributed by atoms with E-state index in [-0.39, 0.29) is 5.56 Å². The first-order valence-electron chi connectivity index (χ1n) is 8.34. The number of ether oxygens (including phenoxy) is 2. The highest BCUT2D eigenvalue weighted by atomic mass is 32.1. The zero-order valence-corrected chi connectivity index (χ0v) is 15.2. The molecule has 0 saturated heterocycles. The normalized spacial score (nSPS) is 12.8. The summed E-state index contributed by atoms with van der Waals surface area (Å²) in [5.74, 6) is -1.57. The van der Waals surface area contributed by atoms with Gasteiger partial charge in [0.15, 0.2) is 6.61 Å². The van der Waals surface area contributed by atoms with E-state index in [9.17, 15) is 14.4 Å². The molecule has 3 rings (SSSR count). The highest BCUT2D eigenvalue weighted by Gasteiger charge is 2.19. The standard InChI is InChI=1S/C19H19NO5S/c1-24-18(22)13-7-3-4-8-14(13)20-17(21)11-25-19(23)16-10-12-6-2-5-9-15(12)26-16/h3-4,7-8,10H,2,5-6,9,11H2,1H3,(H,20,21). The second-order valence-electron chi connectivity index (χ2n) is 5.93. The number of esters is 2. The molecule has 0 radical (unpaired) electrons. The van der Waals surface area contributed by atoms with Crippen LogP contribution in [0.4, 0.5) is 5.69 Å². The lowest BCUT2D eigenvalue weighted by molar-refractivity contribution is -0.119. The van der Waals surface area contributed by atoms with Crippen molar-refractivity contribution in [3.8, 4) is 0 Å². The Balaban J connectivity index is 1.58. The zero-order chi connectivity index (χ0) is 18.5. The van der Waals surface area contributed by atoms with Gasteiger partial charge in [-0.25, -0.2) is 9.59 Å². The van der Waals surface area contributed by atoms with Gasteiger partial charge in [0.05, 0.1) is 18.4 Å². The summed E-state index contributed by atoms with van der Waals surface area (Å²) in [5, 5.41) is 2.57. The van der Waals surface area contributed by atoms with Crippen LogP contribution >= 0.6 is 11.3 Å². The molecule has 0 saturated carbocycles. The Morgan fingerprint density at radius 2 is 1.88 bits per heavy atom. The van der Waals surface area contributed by atoms with Crippen molar-refractivity contribution in [3.63, 3.8) is 0 Å². The number of anilines is 1. The van der Waals surface area contributed by atoms with Crippen molar-refractivity contribution < 1.29 is 23.9 Å². The van der Waals surface area contributed by atoms with Gasteiger partial charge in [0, 0.05) is 4.88 Å². The molecular formula is C19H19NO5S. The molecule has 1 aromatic heterocycles. The minimum atomic E-state index is -0.554. The molecule has 0 fully saturated rings. The number of methoxy groups -OCH3 is 1. The number of fused-ring (bicyclic) bond motifs is 1. The summed E-state index contributed by atoms with van der Waals surface area (Å²) in [7, 11) is 1.27. The summed E-state index contributed by atoms with van der Waals surface area (Å²) < 4.78 is 9.79. The van der Waals surface area contributed by atoms with Crippen LogP contribution in [0.3, 0.4) is 0 Å². The van der Waals surface area contributed by atoms with E-state index in [1.165, 1.54) is 28.9 Å². The SMILES string of the molecule is COC(=O)c1ccccc1NC(=O)COC(=O)c1cc2c(s1)CCCC2. The third kappa shape index (κ3) is 4.11. The van der Waals surface area contributed by atoms with E-state index in [2.05, 4.69) is 10.1 Å². The van der Waals surface area contributed by atoms with E-state index >= 15 is 0 Å². The quantitative estimate of drug-likeness (QED) is 0.814. The fourth-order valence-corrected chi connectivity index (χ4v) is 4.01. The third-order valence-corrected chi connectivity index (χ3v) is 5.36. The molecule has 0 bridgehead atoms. The summed E-state index contributed by atoms with van der Waals surface area (Å²) in [6.45, 7) is -0.420. The number of aryl methyl sites for hydroxylation is 2. The van der Waals surface area contributed by atoms with Crippen molar-refractivity contribution in [1.82, 2.24) is 0 Å². The predicted octanol–water partition coefficient (Wildman–Crippen LogP) is 3.21. The minimum absolute atomic E-state index is 0.237. The van der Waals surface area contributed by atoms with E-state index in [1.54, 1.807) is 24.3 Å². The highest BCUT2D eigenvalue weighted by Crippen LogP contribution is 2.30. The molecule has 0 unspecified atom stereocenters. The molecule has 0 spiro atoms. The van der Waals surface area contributed by atoms with E-state index in [1.807, 2.05) is 6.07 Å². The summed E-state index contributed by atoms with van der Waals surface area (Å²) >= 11 is 1.44. The minimum Gasteiger partial charge on any atom is -0.465 e. The molecule has 2 aromatic rings. The first-order valence-corrected chi connectivity index (χ1v) is 9.16. The number of para-hydroxylation sites is 1. The van der Waals surface area contributed by atoms with Crippen molar-refractivity contribution in [2.24, 2.45) is 0 Å². The zero-order valence-electron chi connectivity index (χ0n) is 14.4. The van der Waals surface area contributed by atoms with Gasteiger partial charge >= 0.3 is 11.9 Å². The van der Waals surface area contributed by atoms with Crippen molar-refractivity contribution in [3.05, 3.63) is 51.2 Å². The Bertz CT molecular complexity index is 819. The van der Waals surface area contributed by atoms with Crippen molar-refractivity contribution >= 4 is 34.9 Å². The predicted molar refractivity (Wildman–Crippen MR) is 97.7 cm³/mol. The largest absolute Gasteiger partial charge is 0.465 e. The van der Waals surface area contributed by atoms with Gasteiger partial charge in [-0.2, -0.15) is 0 Å². The average Bonchev–Trinajstić information content (AvgIpc) is 3.10. The lowest BCUT2D eigenvalue weighted by atomic mass is 9.99. The second-order valence-corrected chi connectivity index (χ2v) is 7.06. The molecule has 6 nitrogen and oxygen atoms in total. The Labute approximate surface area is 155 Å². The molecule has 1 heterocycles. The van der Waals surface area contributed by atoms with Gasteiger partial charge in [0.25, 0.3) is 5.91 Å². The van der Waals surface area contributed by atoms with Gasteiger partial charge in [-0.15, -0.1) is 11.3 Å². The van der Waals surface area contributed by atoms with Crippen LogP contribution in [0.15, 0.2) is 30.3 Å².